The highest BCUT2D eigenvalue weighted by Gasteiger charge is 2.22. The Morgan fingerprint density at radius 1 is 1.08 bits per heavy atom. The number of nitrogens with zero attached hydrogens (tertiary/aromatic N) is 2. The number of hydrogen-bond acceptors (Lipinski definition) is 3. The molecule has 0 aliphatic carbocycles. The van der Waals surface area contributed by atoms with Gasteiger partial charge in [0.15, 0.2) is 0 Å². The van der Waals surface area contributed by atoms with Crippen molar-refractivity contribution in [2.45, 2.75) is 45.7 Å². The summed E-state index contributed by atoms with van der Waals surface area (Å²) in [5.74, 6) is -0.547. The number of aryl methyl sites for hydroxylation is 1. The van der Waals surface area contributed by atoms with Crippen molar-refractivity contribution >= 4 is 11.8 Å². The summed E-state index contributed by atoms with van der Waals surface area (Å²) in [4.78, 5) is 26.3. The molecule has 0 radical (unpaired) electrons. The molecular weight excluding hydrogens is 330 g/mol. The minimum atomic E-state index is -0.541. The summed E-state index contributed by atoms with van der Waals surface area (Å²) >= 11 is 0. The van der Waals surface area contributed by atoms with Crippen LogP contribution in [0, 0.1) is 0 Å². The molecule has 0 fully saturated rings. The van der Waals surface area contributed by atoms with E-state index >= 15 is 0 Å². The third-order valence-corrected chi connectivity index (χ3v) is 4.81. The molecule has 1 aromatic carbocycles. The Kier molecular flexibility index (Phi) is 4.87. The SMILES string of the molecule is CC(C)(C)c1ccc(C(=O)N2CCCn3cc(C(=O)NO)cc3C2)cc1. The molecule has 0 unspecified atom stereocenters. The lowest BCUT2D eigenvalue weighted by atomic mass is 9.86. The van der Waals surface area contributed by atoms with E-state index < -0.39 is 5.91 Å². The Morgan fingerprint density at radius 3 is 2.38 bits per heavy atom. The van der Waals surface area contributed by atoms with Gasteiger partial charge in [-0.05, 0) is 35.6 Å². The van der Waals surface area contributed by atoms with Crippen LogP contribution < -0.4 is 5.48 Å². The maximum atomic E-state index is 12.9. The van der Waals surface area contributed by atoms with Gasteiger partial charge in [0.25, 0.3) is 11.8 Å². The first-order chi connectivity index (χ1) is 12.3. The van der Waals surface area contributed by atoms with Crippen molar-refractivity contribution < 1.29 is 14.8 Å². The fourth-order valence-electron chi connectivity index (χ4n) is 3.26. The number of rotatable bonds is 2. The number of hydroxylamine groups is 1. The number of aromatic nitrogens is 1. The predicted octanol–water partition coefficient (Wildman–Crippen LogP) is 2.95. The van der Waals surface area contributed by atoms with Crippen molar-refractivity contribution in [3.8, 4) is 0 Å². The van der Waals surface area contributed by atoms with Crippen LogP contribution in [0.4, 0.5) is 0 Å². The van der Waals surface area contributed by atoms with E-state index in [2.05, 4.69) is 20.8 Å². The number of carbonyl (C=O) groups is 2. The molecule has 2 aromatic rings. The van der Waals surface area contributed by atoms with Gasteiger partial charge in [0.2, 0.25) is 0 Å². The highest BCUT2D eigenvalue weighted by Crippen LogP contribution is 2.23. The first-order valence-corrected chi connectivity index (χ1v) is 8.83. The second kappa shape index (κ2) is 6.96. The quantitative estimate of drug-likeness (QED) is 0.642. The molecule has 2 heterocycles. The summed E-state index contributed by atoms with van der Waals surface area (Å²) < 4.78 is 1.97. The van der Waals surface area contributed by atoms with E-state index in [9.17, 15) is 9.59 Å². The molecule has 0 saturated carbocycles. The first kappa shape index (κ1) is 18.2. The minimum Gasteiger partial charge on any atom is -0.349 e. The Labute approximate surface area is 153 Å². The largest absolute Gasteiger partial charge is 0.349 e. The molecule has 0 spiro atoms. The van der Waals surface area contributed by atoms with Crippen LogP contribution in [0.15, 0.2) is 36.5 Å². The van der Waals surface area contributed by atoms with Crippen molar-refractivity contribution in [3.05, 3.63) is 58.9 Å². The zero-order valence-corrected chi connectivity index (χ0v) is 15.5. The van der Waals surface area contributed by atoms with Gasteiger partial charge in [-0.2, -0.15) is 0 Å². The van der Waals surface area contributed by atoms with E-state index in [1.54, 1.807) is 17.7 Å². The minimum absolute atomic E-state index is 0.00623. The highest BCUT2D eigenvalue weighted by atomic mass is 16.5. The third-order valence-electron chi connectivity index (χ3n) is 4.81. The average Bonchev–Trinajstić information content (AvgIpc) is 2.91. The fraction of sp³-hybridized carbons (Fsp3) is 0.400. The van der Waals surface area contributed by atoms with E-state index in [1.165, 1.54) is 5.56 Å². The van der Waals surface area contributed by atoms with E-state index in [1.807, 2.05) is 33.7 Å². The normalized spacial score (nSPS) is 14.5. The summed E-state index contributed by atoms with van der Waals surface area (Å²) in [5.41, 5.74) is 4.85. The summed E-state index contributed by atoms with van der Waals surface area (Å²) in [6, 6.07) is 9.52. The Bertz CT molecular complexity index is 816. The van der Waals surface area contributed by atoms with Crippen molar-refractivity contribution in [1.82, 2.24) is 14.9 Å². The van der Waals surface area contributed by atoms with Gasteiger partial charge in [-0.25, -0.2) is 5.48 Å². The number of carbonyl (C=O) groups excluding carboxylic acids is 2. The van der Waals surface area contributed by atoms with Crippen LogP contribution in [0.1, 0.15) is 59.2 Å². The van der Waals surface area contributed by atoms with Gasteiger partial charge < -0.3 is 9.47 Å². The topological polar surface area (TPSA) is 74.6 Å². The monoisotopic (exact) mass is 355 g/mol. The van der Waals surface area contributed by atoms with E-state index in [0.29, 0.717) is 24.2 Å². The number of fused-ring (bicyclic) bond motifs is 1. The summed E-state index contributed by atoms with van der Waals surface area (Å²) in [5, 5.41) is 8.80. The van der Waals surface area contributed by atoms with E-state index in [0.717, 1.165) is 18.7 Å². The molecule has 0 atom stereocenters. The lowest BCUT2D eigenvalue weighted by molar-refractivity contribution is 0.0706. The highest BCUT2D eigenvalue weighted by molar-refractivity contribution is 5.95. The molecule has 2 N–H and O–H groups in total. The third kappa shape index (κ3) is 3.65. The maximum absolute atomic E-state index is 12.9. The van der Waals surface area contributed by atoms with Crippen LogP contribution in [-0.4, -0.2) is 33.0 Å². The molecule has 6 heteroatoms. The zero-order valence-electron chi connectivity index (χ0n) is 15.5. The number of amides is 2. The maximum Gasteiger partial charge on any atom is 0.276 e. The standard InChI is InChI=1S/C20H25N3O3/c1-20(2,3)16-7-5-14(6-8-16)19(25)23-10-4-9-22-12-15(18(24)21-26)11-17(22)13-23/h5-8,11-12,26H,4,9-10,13H2,1-3H3,(H,21,24). The molecule has 3 rings (SSSR count). The summed E-state index contributed by atoms with van der Waals surface area (Å²) in [6.45, 7) is 8.29. The zero-order chi connectivity index (χ0) is 18.9. The molecule has 1 aromatic heterocycles. The fourth-order valence-corrected chi connectivity index (χ4v) is 3.26. The molecule has 1 aliphatic heterocycles. The van der Waals surface area contributed by atoms with E-state index in [-0.39, 0.29) is 11.3 Å². The van der Waals surface area contributed by atoms with Gasteiger partial charge in [-0.15, -0.1) is 0 Å². The lowest BCUT2D eigenvalue weighted by Gasteiger charge is -2.22. The molecule has 6 nitrogen and oxygen atoms in total. The smallest absolute Gasteiger partial charge is 0.276 e. The molecular formula is C20H25N3O3. The second-order valence-electron chi connectivity index (χ2n) is 7.76. The van der Waals surface area contributed by atoms with Gasteiger partial charge in [-0.3, -0.25) is 14.8 Å². The Morgan fingerprint density at radius 2 is 1.77 bits per heavy atom. The molecule has 138 valence electrons. The lowest BCUT2D eigenvalue weighted by Crippen LogP contribution is -2.30. The molecule has 0 bridgehead atoms. The van der Waals surface area contributed by atoms with Crippen molar-refractivity contribution in [1.29, 1.82) is 0 Å². The van der Waals surface area contributed by atoms with Crippen molar-refractivity contribution in [2.75, 3.05) is 6.54 Å². The van der Waals surface area contributed by atoms with E-state index in [4.69, 9.17) is 5.21 Å². The Hall–Kier alpha value is -2.60. The van der Waals surface area contributed by atoms with Crippen molar-refractivity contribution in [2.24, 2.45) is 0 Å². The average molecular weight is 355 g/mol. The number of benzene rings is 1. The first-order valence-electron chi connectivity index (χ1n) is 8.83. The second-order valence-corrected chi connectivity index (χ2v) is 7.76. The van der Waals surface area contributed by atoms with Crippen LogP contribution >= 0.6 is 0 Å². The van der Waals surface area contributed by atoms with Gasteiger partial charge in [-0.1, -0.05) is 32.9 Å². The molecule has 0 saturated heterocycles. The molecule has 1 aliphatic rings. The summed E-state index contributed by atoms with van der Waals surface area (Å²) in [6.07, 6.45) is 2.53. The van der Waals surface area contributed by atoms with Crippen LogP contribution in [0.25, 0.3) is 0 Å². The number of hydrogen-bond donors (Lipinski definition) is 2. The van der Waals surface area contributed by atoms with Crippen LogP contribution in [0.3, 0.4) is 0 Å². The van der Waals surface area contributed by atoms with Crippen LogP contribution in [0.2, 0.25) is 0 Å². The van der Waals surface area contributed by atoms with Gasteiger partial charge in [0.1, 0.15) is 0 Å². The Balaban J connectivity index is 1.80. The summed E-state index contributed by atoms with van der Waals surface area (Å²) in [7, 11) is 0. The van der Waals surface area contributed by atoms with Gasteiger partial charge in [0, 0.05) is 30.5 Å². The molecule has 26 heavy (non-hydrogen) atoms. The number of nitrogens with one attached hydrogen (secondary N) is 1. The van der Waals surface area contributed by atoms with Crippen LogP contribution in [-0.2, 0) is 18.5 Å². The van der Waals surface area contributed by atoms with Gasteiger partial charge in [0.05, 0.1) is 12.1 Å². The van der Waals surface area contributed by atoms with Crippen molar-refractivity contribution in [3.63, 3.8) is 0 Å². The van der Waals surface area contributed by atoms with Crippen LogP contribution in [0.5, 0.6) is 0 Å². The molecule has 2 amide bonds. The van der Waals surface area contributed by atoms with Gasteiger partial charge >= 0.3 is 0 Å². The predicted molar refractivity (Wildman–Crippen MR) is 98.2 cm³/mol.